The highest BCUT2D eigenvalue weighted by atomic mass is 16.7. The van der Waals surface area contributed by atoms with Crippen molar-refractivity contribution in [2.75, 3.05) is 12.4 Å². The number of rotatable bonds is 3. The number of esters is 1. The number of aliphatic hydroxyl groups is 2. The predicted octanol–water partition coefficient (Wildman–Crippen LogP) is 4.57. The summed E-state index contributed by atoms with van der Waals surface area (Å²) in [4.78, 5) is 51.8. The zero-order valence-electron chi connectivity index (χ0n) is 30.6. The molecule has 0 spiro atoms. The third-order valence-corrected chi connectivity index (χ3v) is 10.2. The van der Waals surface area contributed by atoms with Gasteiger partial charge in [-0.15, -0.1) is 0 Å². The number of benzene rings is 2. The van der Waals surface area contributed by atoms with E-state index in [1.165, 1.54) is 53.0 Å². The first-order valence-corrected chi connectivity index (χ1v) is 16.9. The number of aldehydes is 1. The Bertz CT molecular complexity index is 1860. The molecule has 5 rings (SSSR count). The van der Waals surface area contributed by atoms with Crippen LogP contribution in [0.5, 0.6) is 23.0 Å². The van der Waals surface area contributed by atoms with Crippen molar-refractivity contribution in [1.29, 1.82) is 0 Å². The van der Waals surface area contributed by atoms with Gasteiger partial charge in [0.2, 0.25) is 0 Å². The smallest absolute Gasteiger partial charge is 0.312 e. The molecule has 0 aliphatic carbocycles. The molecule has 2 aromatic carbocycles. The van der Waals surface area contributed by atoms with E-state index >= 15 is 0 Å². The number of amides is 1. The molecule has 6 N–H and O–H groups in total. The summed E-state index contributed by atoms with van der Waals surface area (Å²) in [7, 11) is 1.41. The number of carbonyl (C=O) groups is 4. The second-order valence-corrected chi connectivity index (χ2v) is 13.7. The molecule has 3 aliphatic rings. The lowest BCUT2D eigenvalue weighted by Gasteiger charge is -2.38. The summed E-state index contributed by atoms with van der Waals surface area (Å²) >= 11 is 0. The van der Waals surface area contributed by atoms with Crippen LogP contribution in [-0.2, 0) is 23.8 Å². The van der Waals surface area contributed by atoms with Crippen molar-refractivity contribution < 1.29 is 63.7 Å². The number of nitrogens with one attached hydrogen (secondary N) is 1. The van der Waals surface area contributed by atoms with Crippen molar-refractivity contribution in [3.05, 3.63) is 52.8 Å². The first kappa shape index (κ1) is 39.9. The van der Waals surface area contributed by atoms with Crippen LogP contribution < -0.4 is 10.1 Å². The number of ether oxygens (including phenoxy) is 4. The van der Waals surface area contributed by atoms with Gasteiger partial charge >= 0.3 is 11.8 Å². The Labute approximate surface area is 301 Å². The predicted molar refractivity (Wildman–Crippen MR) is 189 cm³/mol. The molecule has 0 saturated carbocycles. The molecule has 2 aromatic rings. The van der Waals surface area contributed by atoms with Crippen LogP contribution in [0.15, 0.2) is 36.1 Å². The molecule has 282 valence electrons. The average Bonchev–Trinajstić information content (AvgIpc) is 3.36. The molecule has 5 bridgehead atoms. The van der Waals surface area contributed by atoms with E-state index in [1.807, 2.05) is 0 Å². The highest BCUT2D eigenvalue weighted by molar-refractivity contribution is 6.23. The second kappa shape index (κ2) is 15.4. The minimum absolute atomic E-state index is 0.00425. The van der Waals surface area contributed by atoms with Gasteiger partial charge in [-0.25, -0.2) is 0 Å². The van der Waals surface area contributed by atoms with Crippen LogP contribution in [0.25, 0.3) is 10.8 Å². The Balaban J connectivity index is 1.93. The largest absolute Gasteiger partial charge is 0.507 e. The normalized spacial score (nSPS) is 32.3. The van der Waals surface area contributed by atoms with Gasteiger partial charge in [0.15, 0.2) is 12.0 Å². The number of carbonyl (C=O) groups excluding carboxylic acids is 4. The fourth-order valence-electron chi connectivity index (χ4n) is 6.86. The van der Waals surface area contributed by atoms with Gasteiger partial charge in [-0.05, 0) is 19.9 Å². The third-order valence-electron chi connectivity index (χ3n) is 10.2. The number of ketones is 1. The number of methoxy groups -OCH3 is 1. The van der Waals surface area contributed by atoms with Crippen LogP contribution in [0.2, 0.25) is 0 Å². The van der Waals surface area contributed by atoms with Gasteiger partial charge in [0.1, 0.15) is 23.4 Å². The van der Waals surface area contributed by atoms with E-state index in [1.54, 1.807) is 33.8 Å². The number of fused-ring (bicyclic) bond motifs is 14. The highest BCUT2D eigenvalue weighted by Gasteiger charge is 2.50. The molecule has 0 saturated heterocycles. The van der Waals surface area contributed by atoms with Crippen molar-refractivity contribution in [2.45, 2.75) is 85.6 Å². The highest BCUT2D eigenvalue weighted by Crippen LogP contribution is 2.55. The van der Waals surface area contributed by atoms with Crippen LogP contribution in [-0.4, -0.2) is 86.8 Å². The fourth-order valence-corrected chi connectivity index (χ4v) is 6.86. The Morgan fingerprint density at radius 2 is 1.60 bits per heavy atom. The molecule has 14 heteroatoms. The second-order valence-electron chi connectivity index (χ2n) is 13.7. The maximum Gasteiger partial charge on any atom is 0.312 e. The lowest BCUT2D eigenvalue weighted by molar-refractivity contribution is -0.160. The molecule has 14 nitrogen and oxygen atoms in total. The van der Waals surface area contributed by atoms with Crippen LogP contribution >= 0.6 is 0 Å². The summed E-state index contributed by atoms with van der Waals surface area (Å²) in [5.41, 5.74) is -1.27. The molecule has 3 heterocycles. The number of phenols is 3. The number of hydrogen-bond acceptors (Lipinski definition) is 13. The van der Waals surface area contributed by atoms with Gasteiger partial charge in [-0.2, -0.15) is 0 Å². The maximum absolute atomic E-state index is 14.0. The number of hydrogen-bond donors (Lipinski definition) is 6. The van der Waals surface area contributed by atoms with Gasteiger partial charge < -0.3 is 49.8 Å². The van der Waals surface area contributed by atoms with E-state index in [2.05, 4.69) is 5.32 Å². The molecule has 0 radical (unpaired) electrons. The van der Waals surface area contributed by atoms with E-state index in [0.717, 1.165) is 6.26 Å². The van der Waals surface area contributed by atoms with E-state index < -0.39 is 111 Å². The van der Waals surface area contributed by atoms with Crippen molar-refractivity contribution in [1.82, 2.24) is 0 Å². The van der Waals surface area contributed by atoms with Crippen molar-refractivity contribution in [3.8, 4) is 23.0 Å². The summed E-state index contributed by atoms with van der Waals surface area (Å²) in [5.74, 6) is -9.19. The molecule has 0 fully saturated rings. The van der Waals surface area contributed by atoms with Gasteiger partial charge in [-0.1, -0.05) is 45.9 Å². The molecule has 52 heavy (non-hydrogen) atoms. The van der Waals surface area contributed by atoms with Gasteiger partial charge in [-0.3, -0.25) is 19.2 Å². The summed E-state index contributed by atoms with van der Waals surface area (Å²) in [5, 5.41) is 58.2. The van der Waals surface area contributed by atoms with Gasteiger partial charge in [0, 0.05) is 61.2 Å². The topological polar surface area (TPSA) is 218 Å². The minimum Gasteiger partial charge on any atom is -0.507 e. The third kappa shape index (κ3) is 7.10. The fraction of sp³-hybridized carbons (Fsp3) is 0.474. The number of allylic oxidation sites excluding steroid dienone is 2. The quantitative estimate of drug-likeness (QED) is 0.111. The SMILES string of the molecule is CO[C@H]1/C=C/O[C@]2(C)Oc3c(C)c(O)c4c(O)c(c(C=O)c(O)c4c3C2=O)NC(=O)/C(C)=C\C=C\[C@H](C)[C@H](O)[C@@H](C)[C@@H](O)[C@@H](C)[C@H](OC(C)=O)[C@@H]1C. The molecule has 3 aliphatic heterocycles. The first-order valence-electron chi connectivity index (χ1n) is 16.9. The van der Waals surface area contributed by atoms with E-state index in [9.17, 15) is 44.7 Å². The molecule has 0 aromatic heterocycles. The number of aliphatic hydroxyl groups excluding tert-OH is 2. The number of anilines is 1. The molecular formula is C38H47NO13. The molecule has 9 atom stereocenters. The van der Waals surface area contributed by atoms with Crippen LogP contribution in [0.4, 0.5) is 5.69 Å². The summed E-state index contributed by atoms with van der Waals surface area (Å²) in [6.45, 7) is 12.2. The maximum atomic E-state index is 14.0. The van der Waals surface area contributed by atoms with E-state index in [0.29, 0.717) is 0 Å². The van der Waals surface area contributed by atoms with Gasteiger partial charge in [0.05, 0.1) is 46.8 Å². The molecule has 0 unspecified atom stereocenters. The van der Waals surface area contributed by atoms with Crippen LogP contribution in [0.1, 0.15) is 74.7 Å². The van der Waals surface area contributed by atoms with Crippen LogP contribution in [0.3, 0.4) is 0 Å². The number of aromatic hydroxyl groups is 3. The lowest BCUT2D eigenvalue weighted by Crippen LogP contribution is -2.46. The van der Waals surface area contributed by atoms with E-state index in [-0.39, 0.29) is 28.7 Å². The van der Waals surface area contributed by atoms with Gasteiger partial charge in [0.25, 0.3) is 11.7 Å². The number of Topliss-reactive ketones (excluding diaryl/α,β-unsaturated/α-hetero) is 1. The Kier molecular flexibility index (Phi) is 11.8. The first-order chi connectivity index (χ1) is 24.3. The summed E-state index contributed by atoms with van der Waals surface area (Å²) in [6.07, 6.45) is 3.41. The molecule has 1 amide bonds. The Morgan fingerprint density at radius 3 is 2.19 bits per heavy atom. The zero-order chi connectivity index (χ0) is 39.0. The number of phenolic OH excluding ortho intramolecular Hbond substituents is 3. The molecular weight excluding hydrogens is 678 g/mol. The lowest BCUT2D eigenvalue weighted by atomic mass is 9.78. The van der Waals surface area contributed by atoms with Crippen molar-refractivity contribution in [3.63, 3.8) is 0 Å². The van der Waals surface area contributed by atoms with Crippen molar-refractivity contribution >= 4 is 40.4 Å². The zero-order valence-corrected chi connectivity index (χ0v) is 30.6. The Morgan fingerprint density at radius 1 is 0.942 bits per heavy atom. The standard InChI is InChI=1S/C38H47NO13/c1-16-11-10-12-17(2)37(48)39-28-23(15-40)32(45)25-26(33(28)46)31(44)21(6)35-27(25)36(47)38(8,52-35)50-14-13-24(49-9)18(3)34(51-22(7)41)20(5)30(43)19(4)29(16)42/h10-16,18-20,24,29-30,34,42-46H,1-9H3,(H,39,48)/b11-10+,14-13+,17-12-/t16-,18+,19+,20+,24-,29-,30+,34+,38+/m0/s1. The summed E-state index contributed by atoms with van der Waals surface area (Å²) < 4.78 is 23.1. The van der Waals surface area contributed by atoms with E-state index in [4.69, 9.17) is 18.9 Å². The minimum atomic E-state index is -2.08. The summed E-state index contributed by atoms with van der Waals surface area (Å²) in [6, 6.07) is 0. The monoisotopic (exact) mass is 725 g/mol. The van der Waals surface area contributed by atoms with Crippen molar-refractivity contribution in [2.24, 2.45) is 23.7 Å². The van der Waals surface area contributed by atoms with Crippen LogP contribution in [0, 0.1) is 30.6 Å². The average molecular weight is 726 g/mol. The Hall–Kier alpha value is -4.92.